The van der Waals surface area contributed by atoms with Crippen LogP contribution in [-0.2, 0) is 4.79 Å². The summed E-state index contributed by atoms with van der Waals surface area (Å²) in [7, 11) is 0. The monoisotopic (exact) mass is 309 g/mol. The lowest BCUT2D eigenvalue weighted by Gasteiger charge is -2.11. The van der Waals surface area contributed by atoms with Crippen LogP contribution in [0.1, 0.15) is 16.7 Å². The van der Waals surface area contributed by atoms with E-state index in [9.17, 15) is 9.18 Å². The van der Waals surface area contributed by atoms with E-state index in [1.807, 2.05) is 50.4 Å². The number of rotatable bonds is 3. The third kappa shape index (κ3) is 2.88. The number of nitrogens with one attached hydrogen (secondary N) is 1. The second kappa shape index (κ2) is 5.72. The Labute approximate surface area is 133 Å². The van der Waals surface area contributed by atoms with E-state index in [2.05, 4.69) is 11.1 Å². The number of H-pyrrole nitrogens is 1. The van der Waals surface area contributed by atoms with E-state index in [0.717, 1.165) is 39.2 Å². The van der Waals surface area contributed by atoms with Crippen LogP contribution in [0.4, 0.5) is 4.39 Å². The predicted octanol–water partition coefficient (Wildman–Crippen LogP) is 4.85. The summed E-state index contributed by atoms with van der Waals surface area (Å²) in [5.41, 5.74) is 5.58. The largest absolute Gasteiger partial charge is 0.476 e. The van der Waals surface area contributed by atoms with E-state index in [4.69, 9.17) is 5.11 Å². The Bertz CT molecular complexity index is 938. The Balaban J connectivity index is 2.09. The van der Waals surface area contributed by atoms with E-state index in [1.165, 1.54) is 0 Å². The fourth-order valence-corrected chi connectivity index (χ4v) is 2.72. The molecule has 2 aromatic carbocycles. The van der Waals surface area contributed by atoms with E-state index in [1.54, 1.807) is 0 Å². The van der Waals surface area contributed by atoms with Gasteiger partial charge in [0.25, 0.3) is 0 Å². The third-order valence-electron chi connectivity index (χ3n) is 3.96. The second-order valence-corrected chi connectivity index (χ2v) is 5.60. The normalized spacial score (nSPS) is 11.9. The molecule has 0 aliphatic rings. The Kier molecular flexibility index (Phi) is 3.74. The first kappa shape index (κ1) is 15.0. The molecule has 3 rings (SSSR count). The fourth-order valence-electron chi connectivity index (χ4n) is 2.72. The van der Waals surface area contributed by atoms with Crippen LogP contribution in [0.3, 0.4) is 0 Å². The van der Waals surface area contributed by atoms with Crippen molar-refractivity contribution in [1.82, 2.24) is 4.98 Å². The Morgan fingerprint density at radius 2 is 1.91 bits per heavy atom. The van der Waals surface area contributed by atoms with Gasteiger partial charge >= 0.3 is 5.97 Å². The predicted molar refractivity (Wildman–Crippen MR) is 89.9 cm³/mol. The van der Waals surface area contributed by atoms with Gasteiger partial charge in [-0.05, 0) is 71.3 Å². The summed E-state index contributed by atoms with van der Waals surface area (Å²) in [6, 6.07) is 11.9. The lowest BCUT2D eigenvalue weighted by Crippen LogP contribution is -1.96. The molecule has 0 spiro atoms. The first-order chi connectivity index (χ1) is 11.0. The van der Waals surface area contributed by atoms with Crippen LogP contribution in [0.25, 0.3) is 28.1 Å². The maximum Gasteiger partial charge on any atom is 0.364 e. The zero-order valence-corrected chi connectivity index (χ0v) is 12.9. The van der Waals surface area contributed by atoms with Crippen molar-refractivity contribution in [2.75, 3.05) is 0 Å². The van der Waals surface area contributed by atoms with Crippen LogP contribution < -0.4 is 0 Å². The SMILES string of the molecule is Cc1cc(-c2ccc3[nH]ccc3c2)c(C)cc1C=C(F)C(=O)O. The number of carboxylic acid groups (broad SMARTS) is 1. The van der Waals surface area contributed by atoms with Crippen molar-refractivity contribution in [3.8, 4) is 11.1 Å². The molecule has 0 saturated heterocycles. The minimum absolute atomic E-state index is 0.578. The molecule has 0 aliphatic carbocycles. The number of carbonyl (C=O) groups is 1. The highest BCUT2D eigenvalue weighted by molar-refractivity contribution is 5.90. The number of hydrogen-bond donors (Lipinski definition) is 2. The number of aromatic nitrogens is 1. The molecule has 1 heterocycles. The highest BCUT2D eigenvalue weighted by Crippen LogP contribution is 2.30. The van der Waals surface area contributed by atoms with Crippen molar-refractivity contribution in [1.29, 1.82) is 0 Å². The van der Waals surface area contributed by atoms with Gasteiger partial charge in [-0.2, -0.15) is 4.39 Å². The van der Waals surface area contributed by atoms with Gasteiger partial charge in [-0.15, -0.1) is 0 Å². The first-order valence-corrected chi connectivity index (χ1v) is 7.25. The van der Waals surface area contributed by atoms with Crippen molar-refractivity contribution in [2.45, 2.75) is 13.8 Å². The number of aromatic amines is 1. The lowest BCUT2D eigenvalue weighted by atomic mass is 9.94. The molecular weight excluding hydrogens is 293 g/mol. The van der Waals surface area contributed by atoms with Gasteiger partial charge in [0.2, 0.25) is 5.83 Å². The van der Waals surface area contributed by atoms with Crippen LogP contribution in [0.2, 0.25) is 0 Å². The molecular formula is C19H16FNO2. The molecule has 2 N–H and O–H groups in total. The van der Waals surface area contributed by atoms with Gasteiger partial charge in [0.05, 0.1) is 0 Å². The molecule has 0 radical (unpaired) electrons. The molecule has 0 aliphatic heterocycles. The molecule has 0 saturated carbocycles. The maximum absolute atomic E-state index is 13.3. The molecule has 0 bridgehead atoms. The van der Waals surface area contributed by atoms with Gasteiger partial charge in [-0.1, -0.05) is 18.2 Å². The van der Waals surface area contributed by atoms with Crippen LogP contribution in [0.5, 0.6) is 0 Å². The lowest BCUT2D eigenvalue weighted by molar-refractivity contribution is -0.134. The highest BCUT2D eigenvalue weighted by Gasteiger charge is 2.10. The van der Waals surface area contributed by atoms with Crippen LogP contribution in [-0.4, -0.2) is 16.1 Å². The number of halogens is 1. The topological polar surface area (TPSA) is 53.1 Å². The molecule has 116 valence electrons. The summed E-state index contributed by atoms with van der Waals surface area (Å²) in [6.07, 6.45) is 2.96. The van der Waals surface area contributed by atoms with E-state index in [0.29, 0.717) is 5.56 Å². The molecule has 1 aromatic heterocycles. The average Bonchev–Trinajstić information content (AvgIpc) is 2.97. The number of aryl methyl sites for hydroxylation is 2. The van der Waals surface area contributed by atoms with Gasteiger partial charge in [-0.25, -0.2) is 4.79 Å². The summed E-state index contributed by atoms with van der Waals surface area (Å²) >= 11 is 0. The zero-order valence-electron chi connectivity index (χ0n) is 12.9. The van der Waals surface area contributed by atoms with E-state index >= 15 is 0 Å². The zero-order chi connectivity index (χ0) is 16.6. The number of carboxylic acids is 1. The first-order valence-electron chi connectivity index (χ1n) is 7.25. The van der Waals surface area contributed by atoms with Crippen LogP contribution in [0.15, 0.2) is 48.4 Å². The molecule has 0 atom stereocenters. The van der Waals surface area contributed by atoms with Gasteiger partial charge in [0.15, 0.2) is 0 Å². The Morgan fingerprint density at radius 3 is 2.65 bits per heavy atom. The van der Waals surface area contributed by atoms with E-state index in [-0.39, 0.29) is 0 Å². The van der Waals surface area contributed by atoms with Gasteiger partial charge in [0.1, 0.15) is 0 Å². The standard InChI is InChI=1S/C19H16FNO2/c1-11-8-16(12(2)7-15(11)10-17(20)19(22)23)13-3-4-18-14(9-13)5-6-21-18/h3-10,21H,1-2H3,(H,22,23). The number of hydrogen-bond acceptors (Lipinski definition) is 1. The number of fused-ring (bicyclic) bond motifs is 1. The maximum atomic E-state index is 13.3. The summed E-state index contributed by atoms with van der Waals surface area (Å²) in [5, 5.41) is 9.80. The van der Waals surface area contributed by atoms with Crippen LogP contribution in [0, 0.1) is 13.8 Å². The minimum Gasteiger partial charge on any atom is -0.476 e. The van der Waals surface area contributed by atoms with Crippen molar-refractivity contribution < 1.29 is 14.3 Å². The molecule has 0 amide bonds. The number of benzene rings is 2. The molecule has 3 nitrogen and oxygen atoms in total. The quantitative estimate of drug-likeness (QED) is 0.680. The van der Waals surface area contributed by atoms with Crippen molar-refractivity contribution in [3.05, 3.63) is 65.1 Å². The summed E-state index contributed by atoms with van der Waals surface area (Å²) in [4.78, 5) is 13.8. The summed E-state index contributed by atoms with van der Waals surface area (Å²) in [5.74, 6) is -2.71. The van der Waals surface area contributed by atoms with Crippen LogP contribution >= 0.6 is 0 Å². The molecule has 23 heavy (non-hydrogen) atoms. The van der Waals surface area contributed by atoms with E-state index < -0.39 is 11.8 Å². The average molecular weight is 309 g/mol. The number of aliphatic carboxylic acids is 1. The van der Waals surface area contributed by atoms with Crippen molar-refractivity contribution >= 4 is 22.9 Å². The van der Waals surface area contributed by atoms with Crippen molar-refractivity contribution in [2.24, 2.45) is 0 Å². The summed E-state index contributed by atoms with van der Waals surface area (Å²) in [6.45, 7) is 3.78. The third-order valence-corrected chi connectivity index (χ3v) is 3.96. The van der Waals surface area contributed by atoms with Crippen molar-refractivity contribution in [3.63, 3.8) is 0 Å². The van der Waals surface area contributed by atoms with Gasteiger partial charge < -0.3 is 10.1 Å². The molecule has 0 unspecified atom stereocenters. The smallest absolute Gasteiger partial charge is 0.364 e. The van der Waals surface area contributed by atoms with Gasteiger partial charge in [0, 0.05) is 11.7 Å². The molecule has 3 aromatic rings. The second-order valence-electron chi connectivity index (χ2n) is 5.60. The minimum atomic E-state index is -1.55. The summed E-state index contributed by atoms with van der Waals surface area (Å²) < 4.78 is 13.3. The Morgan fingerprint density at radius 1 is 1.13 bits per heavy atom. The molecule has 4 heteroatoms. The highest BCUT2D eigenvalue weighted by atomic mass is 19.1. The fraction of sp³-hybridized carbons (Fsp3) is 0.105. The van der Waals surface area contributed by atoms with Gasteiger partial charge in [-0.3, -0.25) is 0 Å². The molecule has 0 fully saturated rings. The Hall–Kier alpha value is -2.88.